The van der Waals surface area contributed by atoms with Gasteiger partial charge in [0.2, 0.25) is 0 Å². The average Bonchev–Trinajstić information content (AvgIpc) is 2.41. The lowest BCUT2D eigenvalue weighted by Crippen LogP contribution is -2.45. The maximum atomic E-state index is 11.9. The first kappa shape index (κ1) is 24.3. The predicted octanol–water partition coefficient (Wildman–Crippen LogP) is 3.07. The van der Waals surface area contributed by atoms with E-state index in [1.165, 1.54) is 38.5 Å². The van der Waals surface area contributed by atoms with Gasteiger partial charge in [-0.15, -0.1) is 0 Å². The number of hydrogen-bond donors (Lipinski definition) is 0. The molecule has 1 atom stereocenters. The highest BCUT2D eigenvalue weighted by Gasteiger charge is 2.24. The largest absolute Gasteiger partial charge is 0.748 e. The van der Waals surface area contributed by atoms with Gasteiger partial charge in [0.1, 0.15) is 6.54 Å². The molecule has 0 radical (unpaired) electrons. The molecule has 0 aromatic carbocycles. The molecule has 0 aliphatic carbocycles. The molecule has 6 nitrogen and oxygen atoms in total. The lowest BCUT2D eigenvalue weighted by atomic mass is 10.1. The minimum absolute atomic E-state index is 0.280. The summed E-state index contributed by atoms with van der Waals surface area (Å²) in [6, 6.07) is 0. The monoisotopic (exact) mass is 379 g/mol. The van der Waals surface area contributed by atoms with Crippen molar-refractivity contribution < 1.29 is 27.0 Å². The number of hydrogen-bond acceptors (Lipinski definition) is 5. The summed E-state index contributed by atoms with van der Waals surface area (Å²) in [5.74, 6) is -1.07. The van der Waals surface area contributed by atoms with E-state index in [4.69, 9.17) is 4.74 Å². The number of quaternary nitrogens is 1. The third-order valence-electron chi connectivity index (χ3n) is 3.92. The molecule has 0 bridgehead atoms. The Morgan fingerprint density at radius 1 is 0.960 bits per heavy atom. The highest BCUT2D eigenvalue weighted by molar-refractivity contribution is 7.85. The van der Waals surface area contributed by atoms with Crippen LogP contribution in [-0.2, 0) is 19.6 Å². The van der Waals surface area contributed by atoms with Crippen molar-refractivity contribution >= 4 is 16.1 Å². The quantitative estimate of drug-likeness (QED) is 0.189. The summed E-state index contributed by atoms with van der Waals surface area (Å²) >= 11 is 0. The van der Waals surface area contributed by atoms with Crippen molar-refractivity contribution in [3.63, 3.8) is 0 Å². The molecule has 0 spiro atoms. The number of esters is 1. The van der Waals surface area contributed by atoms with Crippen LogP contribution in [0.15, 0.2) is 0 Å². The topological polar surface area (TPSA) is 83.5 Å². The van der Waals surface area contributed by atoms with Gasteiger partial charge in [-0.2, -0.15) is 0 Å². The van der Waals surface area contributed by atoms with Crippen LogP contribution >= 0.6 is 0 Å². The molecule has 1 unspecified atom stereocenters. The van der Waals surface area contributed by atoms with Crippen molar-refractivity contribution in [2.45, 2.75) is 77.2 Å². The van der Waals surface area contributed by atoms with Crippen LogP contribution in [0.3, 0.4) is 0 Å². The van der Waals surface area contributed by atoms with E-state index in [1.807, 2.05) is 21.1 Å². The fraction of sp³-hybridized carbons (Fsp3) is 0.944. The first-order valence-corrected chi connectivity index (χ1v) is 11.0. The average molecular weight is 380 g/mol. The first-order valence-electron chi connectivity index (χ1n) is 9.47. The predicted molar refractivity (Wildman–Crippen MR) is 99.2 cm³/mol. The Morgan fingerprint density at radius 3 is 1.88 bits per heavy atom. The van der Waals surface area contributed by atoms with E-state index in [0.29, 0.717) is 11.0 Å². The van der Waals surface area contributed by atoms with Crippen molar-refractivity contribution in [2.75, 3.05) is 33.4 Å². The molecule has 0 aromatic heterocycles. The van der Waals surface area contributed by atoms with Crippen LogP contribution in [0.25, 0.3) is 0 Å². The van der Waals surface area contributed by atoms with E-state index in [2.05, 4.69) is 6.92 Å². The maximum absolute atomic E-state index is 11.9. The highest BCUT2D eigenvalue weighted by Crippen LogP contribution is 2.12. The van der Waals surface area contributed by atoms with E-state index in [0.717, 1.165) is 19.3 Å². The van der Waals surface area contributed by atoms with Gasteiger partial charge in [-0.3, -0.25) is 4.79 Å². The molecule has 0 rings (SSSR count). The van der Waals surface area contributed by atoms with Gasteiger partial charge < -0.3 is 13.8 Å². The van der Waals surface area contributed by atoms with E-state index < -0.39 is 27.9 Å². The second-order valence-electron chi connectivity index (χ2n) is 7.89. The van der Waals surface area contributed by atoms with Crippen LogP contribution in [0.5, 0.6) is 0 Å². The molecule has 0 aromatic rings. The lowest BCUT2D eigenvalue weighted by Gasteiger charge is -2.29. The van der Waals surface area contributed by atoms with Crippen LogP contribution in [-0.4, -0.2) is 63.0 Å². The van der Waals surface area contributed by atoms with Gasteiger partial charge in [0.05, 0.1) is 37.0 Å². The van der Waals surface area contributed by atoms with Gasteiger partial charge in [0.25, 0.3) is 0 Å². The Morgan fingerprint density at radius 2 is 1.44 bits per heavy atom. The lowest BCUT2D eigenvalue weighted by molar-refractivity contribution is -0.873. The van der Waals surface area contributed by atoms with Gasteiger partial charge in [0.15, 0.2) is 6.10 Å². The van der Waals surface area contributed by atoms with E-state index in [9.17, 15) is 17.8 Å². The summed E-state index contributed by atoms with van der Waals surface area (Å²) < 4.78 is 38.6. The summed E-state index contributed by atoms with van der Waals surface area (Å²) in [6.07, 6.45) is 9.81. The fourth-order valence-electron chi connectivity index (χ4n) is 2.79. The zero-order valence-electron chi connectivity index (χ0n) is 16.5. The number of rotatable bonds is 15. The van der Waals surface area contributed by atoms with Crippen molar-refractivity contribution in [1.29, 1.82) is 0 Å². The standard InChI is InChI=1S/C18H37NO5S/c1-5-6-7-8-9-10-11-12-13-14-18(20)24-17(15-19(2,3)4)16-25(21,22)23/h17H,5-16H2,1-4H3. The maximum Gasteiger partial charge on any atom is 0.306 e. The SMILES string of the molecule is CCCCCCCCCCCC(=O)OC(C[N+](C)(C)C)CS(=O)(=O)[O-]. The van der Waals surface area contributed by atoms with E-state index >= 15 is 0 Å². The van der Waals surface area contributed by atoms with Crippen molar-refractivity contribution in [3.8, 4) is 0 Å². The van der Waals surface area contributed by atoms with E-state index in [-0.39, 0.29) is 6.42 Å². The molecule has 0 fully saturated rings. The first-order chi connectivity index (χ1) is 11.5. The molecule has 25 heavy (non-hydrogen) atoms. The van der Waals surface area contributed by atoms with Crippen LogP contribution < -0.4 is 0 Å². The number of unbranched alkanes of at least 4 members (excludes halogenated alkanes) is 8. The number of nitrogens with zero attached hydrogens (tertiary/aromatic N) is 1. The third-order valence-corrected chi connectivity index (χ3v) is 4.70. The second kappa shape index (κ2) is 12.7. The van der Waals surface area contributed by atoms with Crippen molar-refractivity contribution in [1.82, 2.24) is 0 Å². The molecule has 0 aliphatic heterocycles. The molecule has 0 heterocycles. The molecule has 0 aliphatic rings. The fourth-order valence-corrected chi connectivity index (χ4v) is 3.42. The Hall–Kier alpha value is -0.660. The Labute approximate surface area is 154 Å². The van der Waals surface area contributed by atoms with Gasteiger partial charge >= 0.3 is 5.97 Å². The number of carbonyl (C=O) groups excluding carboxylic acids is 1. The van der Waals surface area contributed by atoms with Crippen molar-refractivity contribution in [3.05, 3.63) is 0 Å². The van der Waals surface area contributed by atoms with Gasteiger partial charge in [-0.05, 0) is 6.42 Å². The van der Waals surface area contributed by atoms with E-state index in [1.54, 1.807) is 0 Å². The van der Waals surface area contributed by atoms with Crippen LogP contribution in [0.2, 0.25) is 0 Å². The molecular weight excluding hydrogens is 342 g/mol. The van der Waals surface area contributed by atoms with Crippen molar-refractivity contribution in [2.24, 2.45) is 0 Å². The van der Waals surface area contributed by atoms with Crippen LogP contribution in [0.4, 0.5) is 0 Å². The Balaban J connectivity index is 3.98. The van der Waals surface area contributed by atoms with Crippen LogP contribution in [0, 0.1) is 0 Å². The summed E-state index contributed by atoms with van der Waals surface area (Å²) in [6.45, 7) is 2.50. The molecule has 0 N–H and O–H groups in total. The molecule has 7 heteroatoms. The summed E-state index contributed by atoms with van der Waals surface area (Å²) in [5, 5.41) is 0. The number of ether oxygens (including phenoxy) is 1. The minimum atomic E-state index is -4.42. The third kappa shape index (κ3) is 17.9. The Bertz CT molecular complexity index is 457. The summed E-state index contributed by atoms with van der Waals surface area (Å²) in [4.78, 5) is 11.9. The van der Waals surface area contributed by atoms with Gasteiger partial charge in [-0.1, -0.05) is 58.3 Å². The molecule has 0 saturated heterocycles. The van der Waals surface area contributed by atoms with Gasteiger partial charge in [-0.25, -0.2) is 8.42 Å². The molecular formula is C18H37NO5S. The summed E-state index contributed by atoms with van der Waals surface area (Å²) in [7, 11) is 1.16. The summed E-state index contributed by atoms with van der Waals surface area (Å²) in [5.41, 5.74) is 0. The highest BCUT2D eigenvalue weighted by atomic mass is 32.2. The van der Waals surface area contributed by atoms with Gasteiger partial charge in [0, 0.05) is 6.42 Å². The normalized spacial score (nSPS) is 13.6. The zero-order chi connectivity index (χ0) is 19.3. The smallest absolute Gasteiger partial charge is 0.306 e. The minimum Gasteiger partial charge on any atom is -0.748 e. The zero-order valence-corrected chi connectivity index (χ0v) is 17.3. The molecule has 150 valence electrons. The second-order valence-corrected chi connectivity index (χ2v) is 9.34. The molecule has 0 amide bonds. The molecule has 0 saturated carbocycles. The Kier molecular flexibility index (Phi) is 12.3. The number of carbonyl (C=O) groups is 1. The number of likely N-dealkylation sites (N-methyl/N-ethyl adjacent to an activating group) is 1. The van der Waals surface area contributed by atoms with Crippen LogP contribution in [0.1, 0.15) is 71.1 Å².